The lowest BCUT2D eigenvalue weighted by atomic mass is 10.0. The third kappa shape index (κ3) is 4.32. The van der Waals surface area contributed by atoms with Crippen LogP contribution in [-0.4, -0.2) is 59.8 Å². The van der Waals surface area contributed by atoms with E-state index < -0.39 is 5.79 Å². The number of piperidine rings is 1. The molecule has 9 nitrogen and oxygen atoms in total. The van der Waals surface area contributed by atoms with Gasteiger partial charge >= 0.3 is 0 Å². The predicted molar refractivity (Wildman–Crippen MR) is 117 cm³/mol. The molecule has 1 spiro atoms. The molecule has 2 fully saturated rings. The van der Waals surface area contributed by atoms with E-state index in [0.29, 0.717) is 24.1 Å². The van der Waals surface area contributed by atoms with Gasteiger partial charge in [0, 0.05) is 31.3 Å². The monoisotopic (exact) mass is 441 g/mol. The van der Waals surface area contributed by atoms with Crippen LogP contribution < -0.4 is 15.0 Å². The molecule has 1 amide bonds. The highest BCUT2D eigenvalue weighted by molar-refractivity contribution is 7.15. The van der Waals surface area contributed by atoms with Gasteiger partial charge in [0.1, 0.15) is 22.1 Å². The van der Waals surface area contributed by atoms with Gasteiger partial charge in [-0.15, -0.1) is 10.2 Å². The molecule has 0 bridgehead atoms. The van der Waals surface area contributed by atoms with Crippen LogP contribution in [0.5, 0.6) is 5.75 Å². The Morgan fingerprint density at radius 1 is 1.19 bits per heavy atom. The Hall–Kier alpha value is -2.82. The zero-order valence-corrected chi connectivity index (χ0v) is 18.0. The van der Waals surface area contributed by atoms with Crippen LogP contribution in [0, 0.1) is 6.92 Å². The van der Waals surface area contributed by atoms with Gasteiger partial charge in [0.05, 0.1) is 13.2 Å². The molecule has 0 saturated carbocycles. The van der Waals surface area contributed by atoms with Crippen molar-refractivity contribution in [3.8, 4) is 5.75 Å². The second kappa shape index (κ2) is 8.37. The molecule has 162 valence electrons. The molecule has 10 heteroatoms. The maximum atomic E-state index is 12.2. The van der Waals surface area contributed by atoms with E-state index in [1.165, 1.54) is 11.3 Å². The molecule has 0 radical (unpaired) electrons. The van der Waals surface area contributed by atoms with Crippen LogP contribution in [0.15, 0.2) is 30.3 Å². The molecular formula is C21H23N5O4S. The maximum Gasteiger partial charge on any atom is 0.264 e. The van der Waals surface area contributed by atoms with Gasteiger partial charge in [-0.3, -0.25) is 10.1 Å². The summed E-state index contributed by atoms with van der Waals surface area (Å²) in [7, 11) is 0. The van der Waals surface area contributed by atoms with Crippen molar-refractivity contribution in [3.05, 3.63) is 35.3 Å². The molecule has 31 heavy (non-hydrogen) atoms. The van der Waals surface area contributed by atoms with Crippen LogP contribution in [-0.2, 0) is 14.3 Å². The highest BCUT2D eigenvalue weighted by Crippen LogP contribution is 2.34. The Morgan fingerprint density at radius 2 is 2.00 bits per heavy atom. The number of ether oxygens (including phenoxy) is 3. The van der Waals surface area contributed by atoms with Gasteiger partial charge < -0.3 is 19.1 Å². The van der Waals surface area contributed by atoms with Crippen LogP contribution in [0.1, 0.15) is 17.8 Å². The first-order valence-electron chi connectivity index (χ1n) is 10.3. The van der Waals surface area contributed by atoms with Crippen molar-refractivity contribution < 1.29 is 19.0 Å². The number of carbonyl (C=O) groups excluding carboxylic acids is 1. The highest BCUT2D eigenvalue weighted by Gasteiger charge is 2.40. The third-order valence-corrected chi connectivity index (χ3v) is 6.22. The lowest BCUT2D eigenvalue weighted by Crippen LogP contribution is -2.45. The minimum Gasteiger partial charge on any atom is -0.481 e. The molecule has 0 aliphatic carbocycles. The fourth-order valence-electron chi connectivity index (χ4n) is 3.91. The van der Waals surface area contributed by atoms with Crippen molar-refractivity contribution >= 4 is 39.1 Å². The Balaban J connectivity index is 1.28. The Bertz CT molecular complexity index is 1090. The van der Waals surface area contributed by atoms with Crippen molar-refractivity contribution in [1.29, 1.82) is 0 Å². The zero-order valence-electron chi connectivity index (χ0n) is 17.2. The quantitative estimate of drug-likeness (QED) is 0.645. The van der Waals surface area contributed by atoms with Crippen molar-refractivity contribution in [2.45, 2.75) is 25.6 Å². The summed E-state index contributed by atoms with van der Waals surface area (Å²) in [6.45, 7) is 4.66. The molecule has 2 aromatic heterocycles. The molecular weight excluding hydrogens is 418 g/mol. The Labute approximate surface area is 183 Å². The van der Waals surface area contributed by atoms with Crippen LogP contribution in [0.3, 0.4) is 0 Å². The number of hydrogen-bond acceptors (Lipinski definition) is 9. The van der Waals surface area contributed by atoms with Gasteiger partial charge in [0.25, 0.3) is 5.91 Å². The second-order valence-corrected chi connectivity index (χ2v) is 8.74. The number of rotatable bonds is 5. The summed E-state index contributed by atoms with van der Waals surface area (Å²) in [5.74, 6) is 0.742. The molecule has 3 aromatic rings. The predicted octanol–water partition coefficient (Wildman–Crippen LogP) is 2.76. The average molecular weight is 442 g/mol. The highest BCUT2D eigenvalue weighted by atomic mass is 32.1. The number of aryl methyl sites for hydroxylation is 1. The van der Waals surface area contributed by atoms with Gasteiger partial charge in [0.2, 0.25) is 5.13 Å². The summed E-state index contributed by atoms with van der Waals surface area (Å²) in [5.41, 5.74) is 0.730. The van der Waals surface area contributed by atoms with E-state index in [2.05, 4.69) is 20.4 Å². The zero-order chi connectivity index (χ0) is 21.3. The number of nitrogens with zero attached hydrogens (tertiary/aromatic N) is 4. The third-order valence-electron chi connectivity index (χ3n) is 5.46. The van der Waals surface area contributed by atoms with Crippen molar-refractivity contribution in [3.63, 3.8) is 0 Å². The first-order chi connectivity index (χ1) is 15.1. The average Bonchev–Trinajstić information content (AvgIpc) is 3.41. The number of aromatic nitrogens is 3. The number of benzene rings is 1. The largest absolute Gasteiger partial charge is 0.481 e. The summed E-state index contributed by atoms with van der Waals surface area (Å²) >= 11 is 1.32. The normalized spacial score (nSPS) is 17.9. The van der Waals surface area contributed by atoms with E-state index in [-0.39, 0.29) is 12.5 Å². The summed E-state index contributed by atoms with van der Waals surface area (Å²) in [4.78, 5) is 19.3. The van der Waals surface area contributed by atoms with Gasteiger partial charge in [0.15, 0.2) is 12.4 Å². The van der Waals surface area contributed by atoms with Crippen LogP contribution >= 0.6 is 11.3 Å². The van der Waals surface area contributed by atoms with E-state index in [4.69, 9.17) is 19.2 Å². The fourth-order valence-corrected chi connectivity index (χ4v) is 4.52. The molecule has 2 saturated heterocycles. The SMILES string of the molecule is Cc1nnc(NC(=O)COc2cccc3ccc(N4CCC5(CC4)OCCO5)nc23)s1. The van der Waals surface area contributed by atoms with Gasteiger partial charge in [-0.1, -0.05) is 23.5 Å². The number of fused-ring (bicyclic) bond motifs is 1. The van der Waals surface area contributed by atoms with Gasteiger partial charge in [-0.25, -0.2) is 4.98 Å². The molecule has 1 aromatic carbocycles. The fraction of sp³-hybridized carbons (Fsp3) is 0.429. The Kier molecular flexibility index (Phi) is 5.43. The van der Waals surface area contributed by atoms with Crippen molar-refractivity contribution in [2.75, 3.05) is 43.1 Å². The molecule has 0 unspecified atom stereocenters. The standard InChI is InChI=1S/C21H23N5O4S/c1-14-24-25-20(31-14)23-18(27)13-28-16-4-2-3-15-5-6-17(22-19(15)16)26-9-7-21(8-10-26)29-11-12-30-21/h2-6H,7-13H2,1H3,(H,23,25,27). The summed E-state index contributed by atoms with van der Waals surface area (Å²) in [5, 5.41) is 12.7. The molecule has 2 aliphatic rings. The Morgan fingerprint density at radius 3 is 2.74 bits per heavy atom. The minimum absolute atomic E-state index is 0.134. The summed E-state index contributed by atoms with van der Waals surface area (Å²) in [6.07, 6.45) is 1.63. The first-order valence-corrected chi connectivity index (χ1v) is 11.1. The topological polar surface area (TPSA) is 98.7 Å². The lowest BCUT2D eigenvalue weighted by molar-refractivity contribution is -0.169. The van der Waals surface area contributed by atoms with Gasteiger partial charge in [-0.05, 0) is 25.1 Å². The van der Waals surface area contributed by atoms with E-state index in [1.54, 1.807) is 0 Å². The molecule has 2 aliphatic heterocycles. The van der Waals surface area contributed by atoms with Gasteiger partial charge in [-0.2, -0.15) is 0 Å². The molecule has 1 N–H and O–H groups in total. The lowest BCUT2D eigenvalue weighted by Gasteiger charge is -2.38. The molecule has 0 atom stereocenters. The number of nitrogens with one attached hydrogen (secondary N) is 1. The summed E-state index contributed by atoms with van der Waals surface area (Å²) < 4.78 is 17.4. The van der Waals surface area contributed by atoms with E-state index in [0.717, 1.165) is 47.7 Å². The smallest absolute Gasteiger partial charge is 0.264 e. The number of pyridine rings is 1. The molecule has 5 rings (SSSR count). The minimum atomic E-state index is -0.416. The summed E-state index contributed by atoms with van der Waals surface area (Å²) in [6, 6.07) is 9.75. The maximum absolute atomic E-state index is 12.2. The van der Waals surface area contributed by atoms with E-state index in [9.17, 15) is 4.79 Å². The molecule has 4 heterocycles. The number of para-hydroxylation sites is 1. The van der Waals surface area contributed by atoms with E-state index >= 15 is 0 Å². The number of amides is 1. The van der Waals surface area contributed by atoms with Crippen LogP contribution in [0.25, 0.3) is 10.9 Å². The van der Waals surface area contributed by atoms with Crippen molar-refractivity contribution in [2.24, 2.45) is 0 Å². The van der Waals surface area contributed by atoms with Crippen molar-refractivity contribution in [1.82, 2.24) is 15.2 Å². The van der Waals surface area contributed by atoms with Crippen LogP contribution in [0.4, 0.5) is 10.9 Å². The van der Waals surface area contributed by atoms with E-state index in [1.807, 2.05) is 37.3 Å². The number of anilines is 2. The number of carbonyl (C=O) groups is 1. The number of hydrogen-bond donors (Lipinski definition) is 1. The first kappa shape index (κ1) is 20.1. The second-order valence-electron chi connectivity index (χ2n) is 7.56. The van der Waals surface area contributed by atoms with Crippen LogP contribution in [0.2, 0.25) is 0 Å².